The van der Waals surface area contributed by atoms with Crippen LogP contribution in [0.2, 0.25) is 0 Å². The Bertz CT molecular complexity index is 779. The molecule has 0 aliphatic rings. The Morgan fingerprint density at radius 3 is 2.52 bits per heavy atom. The fourth-order valence-corrected chi connectivity index (χ4v) is 3.66. The molecule has 0 saturated heterocycles. The summed E-state index contributed by atoms with van der Waals surface area (Å²) in [7, 11) is -3.68. The molecular formula is C14H16N2O3S2. The van der Waals surface area contributed by atoms with Crippen molar-refractivity contribution in [3.63, 3.8) is 0 Å². The molecule has 112 valence electrons. The minimum Gasteiger partial charge on any atom is -0.347 e. The first-order valence-electron chi connectivity index (χ1n) is 6.24. The molecule has 2 rings (SSSR count). The van der Waals surface area contributed by atoms with E-state index in [1.807, 2.05) is 26.0 Å². The molecule has 0 radical (unpaired) electrons. The Hall–Kier alpha value is -1.70. The van der Waals surface area contributed by atoms with Gasteiger partial charge in [0.1, 0.15) is 4.21 Å². The number of aryl methyl sites for hydroxylation is 2. The van der Waals surface area contributed by atoms with Gasteiger partial charge in [-0.15, -0.1) is 11.3 Å². The van der Waals surface area contributed by atoms with Gasteiger partial charge in [0.25, 0.3) is 5.91 Å². The summed E-state index contributed by atoms with van der Waals surface area (Å²) in [4.78, 5) is 12.8. The standard InChI is InChI=1S/C14H16N2O3S2/c1-9-3-5-12(10(2)7-9)14(17)16-8-11-4-6-13(20-11)21(15,18)19/h3-7H,8H2,1-2H3,(H,16,17)(H2,15,18,19). The van der Waals surface area contributed by atoms with Gasteiger partial charge in [0.15, 0.2) is 0 Å². The van der Waals surface area contributed by atoms with E-state index in [1.54, 1.807) is 12.1 Å². The normalized spacial score (nSPS) is 11.4. The maximum absolute atomic E-state index is 12.1. The predicted molar refractivity (Wildman–Crippen MR) is 82.8 cm³/mol. The summed E-state index contributed by atoms with van der Waals surface area (Å²) < 4.78 is 22.5. The van der Waals surface area contributed by atoms with Gasteiger partial charge in [-0.2, -0.15) is 0 Å². The zero-order chi connectivity index (χ0) is 15.6. The van der Waals surface area contributed by atoms with Crippen LogP contribution in [0.15, 0.2) is 34.5 Å². The van der Waals surface area contributed by atoms with Gasteiger partial charge in [-0.05, 0) is 37.6 Å². The molecule has 0 saturated carbocycles. The second kappa shape index (κ2) is 5.97. The smallest absolute Gasteiger partial charge is 0.251 e. The summed E-state index contributed by atoms with van der Waals surface area (Å²) in [5.74, 6) is -0.182. The Morgan fingerprint density at radius 2 is 1.95 bits per heavy atom. The molecule has 3 N–H and O–H groups in total. The molecule has 7 heteroatoms. The van der Waals surface area contributed by atoms with Crippen molar-refractivity contribution in [3.05, 3.63) is 51.9 Å². The number of nitrogens with two attached hydrogens (primary N) is 1. The first-order chi connectivity index (χ1) is 9.77. The lowest BCUT2D eigenvalue weighted by atomic mass is 10.1. The van der Waals surface area contributed by atoms with Gasteiger partial charge in [0, 0.05) is 10.4 Å². The molecule has 0 aliphatic heterocycles. The van der Waals surface area contributed by atoms with E-state index in [-0.39, 0.29) is 16.7 Å². The summed E-state index contributed by atoms with van der Waals surface area (Å²) in [5, 5.41) is 7.82. The number of carbonyl (C=O) groups is 1. The van der Waals surface area contributed by atoms with E-state index in [9.17, 15) is 13.2 Å². The highest BCUT2D eigenvalue weighted by Gasteiger charge is 2.13. The van der Waals surface area contributed by atoms with Crippen molar-refractivity contribution in [3.8, 4) is 0 Å². The van der Waals surface area contributed by atoms with Crippen LogP contribution in [0.5, 0.6) is 0 Å². The molecule has 1 aromatic heterocycles. The van der Waals surface area contributed by atoms with Gasteiger partial charge in [-0.1, -0.05) is 17.7 Å². The molecular weight excluding hydrogens is 308 g/mol. The molecule has 2 aromatic rings. The van der Waals surface area contributed by atoms with Gasteiger partial charge < -0.3 is 5.32 Å². The van der Waals surface area contributed by atoms with Crippen molar-refractivity contribution in [1.82, 2.24) is 5.32 Å². The molecule has 1 heterocycles. The van der Waals surface area contributed by atoms with Crippen molar-refractivity contribution < 1.29 is 13.2 Å². The summed E-state index contributed by atoms with van der Waals surface area (Å²) in [6.07, 6.45) is 0. The molecule has 0 fully saturated rings. The fourth-order valence-electron chi connectivity index (χ4n) is 1.94. The van der Waals surface area contributed by atoms with Crippen molar-refractivity contribution >= 4 is 27.3 Å². The average Bonchev–Trinajstić information content (AvgIpc) is 2.84. The second-order valence-corrected chi connectivity index (χ2v) is 7.72. The minimum atomic E-state index is -3.68. The lowest BCUT2D eigenvalue weighted by Crippen LogP contribution is -2.23. The summed E-state index contributed by atoms with van der Waals surface area (Å²) in [6, 6.07) is 8.70. The number of benzene rings is 1. The molecule has 0 atom stereocenters. The number of primary sulfonamides is 1. The third-order valence-electron chi connectivity index (χ3n) is 2.97. The molecule has 0 aliphatic carbocycles. The number of hydrogen-bond donors (Lipinski definition) is 2. The number of carbonyl (C=O) groups excluding carboxylic acids is 1. The number of sulfonamides is 1. The van der Waals surface area contributed by atoms with Crippen LogP contribution in [0, 0.1) is 13.8 Å². The summed E-state index contributed by atoms with van der Waals surface area (Å²) in [6.45, 7) is 4.12. The molecule has 0 bridgehead atoms. The number of hydrogen-bond acceptors (Lipinski definition) is 4. The first kappa shape index (κ1) is 15.7. The Kier molecular flexibility index (Phi) is 4.46. The summed E-state index contributed by atoms with van der Waals surface area (Å²) in [5.41, 5.74) is 2.62. The third kappa shape index (κ3) is 3.90. The second-order valence-electron chi connectivity index (χ2n) is 4.77. The van der Waals surface area contributed by atoms with Crippen molar-refractivity contribution in [1.29, 1.82) is 0 Å². The monoisotopic (exact) mass is 324 g/mol. The van der Waals surface area contributed by atoms with Gasteiger partial charge >= 0.3 is 0 Å². The van der Waals surface area contributed by atoms with Crippen LogP contribution in [0.3, 0.4) is 0 Å². The topological polar surface area (TPSA) is 89.3 Å². The van der Waals surface area contributed by atoms with Crippen LogP contribution < -0.4 is 10.5 Å². The van der Waals surface area contributed by atoms with E-state index < -0.39 is 10.0 Å². The van der Waals surface area contributed by atoms with Crippen LogP contribution in [0.4, 0.5) is 0 Å². The van der Waals surface area contributed by atoms with Crippen LogP contribution >= 0.6 is 11.3 Å². The number of thiophene rings is 1. The van der Waals surface area contributed by atoms with Crippen LogP contribution in [0.25, 0.3) is 0 Å². The molecule has 0 spiro atoms. The van der Waals surface area contributed by atoms with E-state index in [1.165, 1.54) is 6.07 Å². The maximum atomic E-state index is 12.1. The lowest BCUT2D eigenvalue weighted by molar-refractivity contribution is 0.0950. The van der Waals surface area contributed by atoms with Crippen molar-refractivity contribution in [2.75, 3.05) is 0 Å². The van der Waals surface area contributed by atoms with Crippen molar-refractivity contribution in [2.45, 2.75) is 24.6 Å². The zero-order valence-electron chi connectivity index (χ0n) is 11.7. The van der Waals surface area contributed by atoms with E-state index in [4.69, 9.17) is 5.14 Å². The number of amides is 1. The lowest BCUT2D eigenvalue weighted by Gasteiger charge is -2.07. The first-order valence-corrected chi connectivity index (χ1v) is 8.60. The van der Waals surface area contributed by atoms with Crippen LogP contribution in [0.1, 0.15) is 26.4 Å². The van der Waals surface area contributed by atoms with Gasteiger partial charge in [0.05, 0.1) is 6.54 Å². The van der Waals surface area contributed by atoms with Crippen LogP contribution in [-0.4, -0.2) is 14.3 Å². The minimum absolute atomic E-state index is 0.0956. The Balaban J connectivity index is 2.06. The molecule has 0 unspecified atom stereocenters. The van der Waals surface area contributed by atoms with E-state index >= 15 is 0 Å². The highest BCUT2D eigenvalue weighted by molar-refractivity contribution is 7.91. The summed E-state index contributed by atoms with van der Waals surface area (Å²) >= 11 is 1.06. The maximum Gasteiger partial charge on any atom is 0.251 e. The molecule has 5 nitrogen and oxygen atoms in total. The van der Waals surface area contributed by atoms with Gasteiger partial charge in [-0.3, -0.25) is 4.79 Å². The Morgan fingerprint density at radius 1 is 1.24 bits per heavy atom. The van der Waals surface area contributed by atoms with Crippen molar-refractivity contribution in [2.24, 2.45) is 5.14 Å². The highest BCUT2D eigenvalue weighted by atomic mass is 32.2. The largest absolute Gasteiger partial charge is 0.347 e. The molecule has 1 aromatic carbocycles. The van der Waals surface area contributed by atoms with E-state index in [0.29, 0.717) is 5.56 Å². The number of rotatable bonds is 4. The van der Waals surface area contributed by atoms with E-state index in [2.05, 4.69) is 5.32 Å². The SMILES string of the molecule is Cc1ccc(C(=O)NCc2ccc(S(N)(=O)=O)s2)c(C)c1. The predicted octanol–water partition coefficient (Wildman–Crippen LogP) is 1.94. The molecule has 1 amide bonds. The highest BCUT2D eigenvalue weighted by Crippen LogP contribution is 2.20. The zero-order valence-corrected chi connectivity index (χ0v) is 13.3. The fraction of sp³-hybridized carbons (Fsp3) is 0.214. The quantitative estimate of drug-likeness (QED) is 0.900. The Labute approximate surface area is 127 Å². The number of nitrogens with one attached hydrogen (secondary N) is 1. The molecule has 21 heavy (non-hydrogen) atoms. The van der Waals surface area contributed by atoms with E-state index in [0.717, 1.165) is 27.3 Å². The average molecular weight is 324 g/mol. The van der Waals surface area contributed by atoms with Crippen LogP contribution in [-0.2, 0) is 16.6 Å². The van der Waals surface area contributed by atoms with Gasteiger partial charge in [-0.25, -0.2) is 13.6 Å². The third-order valence-corrected chi connectivity index (χ3v) is 5.49. The van der Waals surface area contributed by atoms with Gasteiger partial charge in [0.2, 0.25) is 10.0 Å².